The van der Waals surface area contributed by atoms with Crippen LogP contribution in [0.15, 0.2) is 16.7 Å². The molecule has 1 rings (SSSR count). The maximum Gasteiger partial charge on any atom is 0.267 e. The summed E-state index contributed by atoms with van der Waals surface area (Å²) in [6.45, 7) is 5.89. The molecular formula is C13H22BrN3O. The van der Waals surface area contributed by atoms with E-state index in [0.29, 0.717) is 12.2 Å². The topological polar surface area (TPSA) is 37.3 Å². The molecule has 0 bridgehead atoms. The summed E-state index contributed by atoms with van der Waals surface area (Å²) in [5.74, 6) is -0.0324. The van der Waals surface area contributed by atoms with Crippen molar-refractivity contribution in [3.8, 4) is 0 Å². The molecule has 18 heavy (non-hydrogen) atoms. The lowest BCUT2D eigenvalue weighted by Crippen LogP contribution is -2.40. The van der Waals surface area contributed by atoms with Crippen LogP contribution >= 0.6 is 15.9 Å². The van der Waals surface area contributed by atoms with E-state index in [-0.39, 0.29) is 11.3 Å². The van der Waals surface area contributed by atoms with Gasteiger partial charge in [0.2, 0.25) is 0 Å². The van der Waals surface area contributed by atoms with Gasteiger partial charge in [-0.05, 0) is 41.5 Å². The first-order chi connectivity index (χ1) is 8.21. The molecule has 1 aromatic heterocycles. The molecule has 0 unspecified atom stereocenters. The van der Waals surface area contributed by atoms with Crippen molar-refractivity contribution in [2.45, 2.75) is 13.8 Å². The molecule has 0 saturated heterocycles. The van der Waals surface area contributed by atoms with Crippen LogP contribution in [-0.4, -0.2) is 42.6 Å². The molecule has 0 atom stereocenters. The van der Waals surface area contributed by atoms with Gasteiger partial charge in [-0.25, -0.2) is 0 Å². The van der Waals surface area contributed by atoms with E-state index < -0.39 is 0 Å². The monoisotopic (exact) mass is 315 g/mol. The Kier molecular flexibility index (Phi) is 4.99. The van der Waals surface area contributed by atoms with Crippen molar-refractivity contribution in [2.75, 3.05) is 27.2 Å². The number of carbonyl (C=O) groups is 1. The highest BCUT2D eigenvalue weighted by Crippen LogP contribution is 2.16. The number of nitrogens with zero attached hydrogens (tertiary/aromatic N) is 2. The Labute approximate surface area is 117 Å². The maximum absolute atomic E-state index is 12.0. The van der Waals surface area contributed by atoms with Gasteiger partial charge in [-0.2, -0.15) is 0 Å². The Hall–Kier alpha value is -0.810. The van der Waals surface area contributed by atoms with Gasteiger partial charge in [-0.1, -0.05) is 13.8 Å². The Balaban J connectivity index is 2.59. The predicted molar refractivity (Wildman–Crippen MR) is 77.8 cm³/mol. The Bertz CT molecular complexity index is 424. The summed E-state index contributed by atoms with van der Waals surface area (Å²) in [6.07, 6.45) is 1.87. The van der Waals surface area contributed by atoms with Crippen molar-refractivity contribution >= 4 is 21.8 Å². The highest BCUT2D eigenvalue weighted by Gasteiger charge is 2.21. The van der Waals surface area contributed by atoms with Crippen LogP contribution in [0.2, 0.25) is 0 Å². The SMILES string of the molecule is CN(C)CC(C)(C)CNC(=O)c1cc(Br)cn1C. The quantitative estimate of drug-likeness (QED) is 0.903. The Morgan fingerprint density at radius 3 is 2.56 bits per heavy atom. The summed E-state index contributed by atoms with van der Waals surface area (Å²) in [5.41, 5.74) is 0.726. The van der Waals surface area contributed by atoms with Crippen LogP contribution in [0.25, 0.3) is 0 Å². The molecule has 0 spiro atoms. The third kappa shape index (κ3) is 4.46. The second-order valence-electron chi connectivity index (χ2n) is 5.74. The standard InChI is InChI=1S/C13H22BrN3O/c1-13(2,9-16(3)4)8-15-12(18)11-6-10(14)7-17(11)5/h6-7H,8-9H2,1-5H3,(H,15,18). The van der Waals surface area contributed by atoms with E-state index in [1.165, 1.54) is 0 Å². The average molecular weight is 316 g/mol. The summed E-state index contributed by atoms with van der Waals surface area (Å²) in [5, 5.41) is 2.99. The molecule has 102 valence electrons. The molecule has 1 N–H and O–H groups in total. The smallest absolute Gasteiger partial charge is 0.267 e. The molecule has 0 radical (unpaired) electrons. The summed E-state index contributed by atoms with van der Waals surface area (Å²) in [4.78, 5) is 14.2. The van der Waals surface area contributed by atoms with Crippen molar-refractivity contribution in [2.24, 2.45) is 12.5 Å². The largest absolute Gasteiger partial charge is 0.350 e. The van der Waals surface area contributed by atoms with Gasteiger partial charge in [0.15, 0.2) is 0 Å². The zero-order chi connectivity index (χ0) is 13.9. The van der Waals surface area contributed by atoms with Crippen LogP contribution in [-0.2, 0) is 7.05 Å². The summed E-state index contributed by atoms with van der Waals surface area (Å²) in [6, 6.07) is 1.83. The number of aromatic nitrogens is 1. The van der Waals surface area contributed by atoms with E-state index in [1.807, 2.05) is 38.0 Å². The van der Waals surface area contributed by atoms with Gasteiger partial charge in [0.1, 0.15) is 5.69 Å². The fourth-order valence-corrected chi connectivity index (χ4v) is 2.60. The van der Waals surface area contributed by atoms with Crippen molar-refractivity contribution in [1.82, 2.24) is 14.8 Å². The van der Waals surface area contributed by atoms with Gasteiger partial charge in [0, 0.05) is 30.8 Å². The van der Waals surface area contributed by atoms with E-state index in [0.717, 1.165) is 11.0 Å². The molecule has 5 heteroatoms. The third-order valence-corrected chi connectivity index (χ3v) is 3.11. The van der Waals surface area contributed by atoms with Gasteiger partial charge in [-0.15, -0.1) is 0 Å². The number of amides is 1. The van der Waals surface area contributed by atoms with E-state index in [4.69, 9.17) is 0 Å². The van der Waals surface area contributed by atoms with Gasteiger partial charge in [0.05, 0.1) is 0 Å². The molecule has 1 aromatic rings. The van der Waals surface area contributed by atoms with Gasteiger partial charge in [-0.3, -0.25) is 4.79 Å². The molecule has 0 saturated carbocycles. The first-order valence-corrected chi connectivity index (χ1v) is 6.75. The normalized spacial score (nSPS) is 11.9. The van der Waals surface area contributed by atoms with Gasteiger partial charge >= 0.3 is 0 Å². The molecular weight excluding hydrogens is 294 g/mol. The molecule has 1 heterocycles. The number of hydrogen-bond donors (Lipinski definition) is 1. The molecule has 0 aliphatic rings. The molecule has 0 aromatic carbocycles. The first-order valence-electron chi connectivity index (χ1n) is 5.96. The Morgan fingerprint density at radius 2 is 2.11 bits per heavy atom. The lowest BCUT2D eigenvalue weighted by atomic mass is 9.93. The van der Waals surface area contributed by atoms with E-state index in [1.54, 1.807) is 0 Å². The second kappa shape index (κ2) is 5.89. The van der Waals surface area contributed by atoms with Gasteiger partial charge < -0.3 is 14.8 Å². The zero-order valence-corrected chi connectivity index (χ0v) is 13.3. The number of rotatable bonds is 5. The number of aryl methyl sites for hydroxylation is 1. The first kappa shape index (κ1) is 15.2. The van der Waals surface area contributed by atoms with E-state index >= 15 is 0 Å². The maximum atomic E-state index is 12.0. The minimum absolute atomic E-state index is 0.0324. The van der Waals surface area contributed by atoms with Crippen LogP contribution in [0.5, 0.6) is 0 Å². The van der Waals surface area contributed by atoms with Crippen molar-refractivity contribution < 1.29 is 4.79 Å². The highest BCUT2D eigenvalue weighted by atomic mass is 79.9. The molecule has 0 fully saturated rings. The fraction of sp³-hybridized carbons (Fsp3) is 0.615. The van der Waals surface area contributed by atoms with E-state index in [9.17, 15) is 4.79 Å². The molecule has 4 nitrogen and oxygen atoms in total. The minimum Gasteiger partial charge on any atom is -0.350 e. The summed E-state index contributed by atoms with van der Waals surface area (Å²) >= 11 is 3.37. The molecule has 0 aliphatic carbocycles. The highest BCUT2D eigenvalue weighted by molar-refractivity contribution is 9.10. The van der Waals surface area contributed by atoms with Gasteiger partial charge in [0.25, 0.3) is 5.91 Å². The third-order valence-electron chi connectivity index (χ3n) is 2.68. The summed E-state index contributed by atoms with van der Waals surface area (Å²) < 4.78 is 2.74. The summed E-state index contributed by atoms with van der Waals surface area (Å²) in [7, 11) is 5.94. The van der Waals surface area contributed by atoms with Crippen LogP contribution in [0.1, 0.15) is 24.3 Å². The minimum atomic E-state index is -0.0324. The van der Waals surface area contributed by atoms with Crippen LogP contribution < -0.4 is 5.32 Å². The van der Waals surface area contributed by atoms with Crippen molar-refractivity contribution in [3.63, 3.8) is 0 Å². The number of halogens is 1. The predicted octanol–water partition coefficient (Wildman–Crippen LogP) is 2.11. The average Bonchev–Trinajstić information content (AvgIpc) is 2.52. The second-order valence-corrected chi connectivity index (χ2v) is 6.65. The van der Waals surface area contributed by atoms with E-state index in [2.05, 4.69) is 40.0 Å². The lowest BCUT2D eigenvalue weighted by molar-refractivity contribution is 0.0921. The number of nitrogens with one attached hydrogen (secondary N) is 1. The number of carbonyl (C=O) groups excluding carboxylic acids is 1. The molecule has 1 amide bonds. The fourth-order valence-electron chi connectivity index (χ4n) is 2.07. The zero-order valence-electron chi connectivity index (χ0n) is 11.7. The van der Waals surface area contributed by atoms with Crippen LogP contribution in [0, 0.1) is 5.41 Å². The molecule has 0 aliphatic heterocycles. The van der Waals surface area contributed by atoms with Crippen LogP contribution in [0.3, 0.4) is 0 Å². The number of hydrogen-bond acceptors (Lipinski definition) is 2. The Morgan fingerprint density at radius 1 is 1.50 bits per heavy atom. The van der Waals surface area contributed by atoms with Crippen LogP contribution in [0.4, 0.5) is 0 Å². The van der Waals surface area contributed by atoms with Crippen molar-refractivity contribution in [1.29, 1.82) is 0 Å². The lowest BCUT2D eigenvalue weighted by Gasteiger charge is -2.28. The van der Waals surface area contributed by atoms with Crippen molar-refractivity contribution in [3.05, 3.63) is 22.4 Å².